The number of anilines is 6. The largest absolute Gasteiger partial charge is 0.311 e. The van der Waals surface area contributed by atoms with E-state index in [4.69, 9.17) is 0 Å². The Morgan fingerprint density at radius 1 is 0.375 bits per heavy atom. The van der Waals surface area contributed by atoms with E-state index in [-0.39, 0.29) is 44.6 Å². The number of hydrogen-bond acceptors (Lipinski definition) is 2. The zero-order valence-electron chi connectivity index (χ0n) is 42.3. The summed E-state index contributed by atoms with van der Waals surface area (Å²) in [5.74, 6) is 0. The zero-order chi connectivity index (χ0) is 45.5. The molecule has 0 saturated heterocycles. The van der Waals surface area contributed by atoms with Gasteiger partial charge in [0.2, 0.25) is 0 Å². The van der Waals surface area contributed by atoms with Crippen LogP contribution >= 0.6 is 0 Å². The van der Waals surface area contributed by atoms with Crippen LogP contribution in [0.4, 0.5) is 34.1 Å². The van der Waals surface area contributed by atoms with Crippen molar-refractivity contribution < 1.29 is 0 Å². The molecule has 0 amide bonds. The predicted molar refractivity (Wildman–Crippen MR) is 277 cm³/mol. The fourth-order valence-electron chi connectivity index (χ4n) is 14.0. The van der Waals surface area contributed by atoms with Gasteiger partial charge in [0.05, 0.1) is 0 Å². The predicted octanol–water partition coefficient (Wildman–Crippen LogP) is 14.7. The number of nitrogens with zero attached hydrogens (tertiary/aromatic N) is 2. The average Bonchev–Trinajstić information content (AvgIpc) is 3.22. The first-order valence-corrected chi connectivity index (χ1v) is 25.2. The molecule has 2 aliphatic heterocycles. The third-order valence-corrected chi connectivity index (χ3v) is 18.6. The van der Waals surface area contributed by atoms with Crippen molar-refractivity contribution in [3.05, 3.63) is 123 Å². The summed E-state index contributed by atoms with van der Waals surface area (Å²) in [6.45, 7) is 37.3. The van der Waals surface area contributed by atoms with Crippen molar-refractivity contribution in [1.29, 1.82) is 0 Å². The zero-order valence-corrected chi connectivity index (χ0v) is 42.3. The first-order chi connectivity index (χ1) is 29.8. The van der Waals surface area contributed by atoms with Gasteiger partial charge in [-0.15, -0.1) is 0 Å². The third kappa shape index (κ3) is 6.03. The fraction of sp³-hybridized carbons (Fsp3) is 0.508. The van der Waals surface area contributed by atoms with E-state index in [0.29, 0.717) is 0 Å². The molecule has 11 rings (SSSR count). The molecule has 0 radical (unpaired) electrons. The Morgan fingerprint density at radius 2 is 0.750 bits per heavy atom. The van der Waals surface area contributed by atoms with Crippen molar-refractivity contribution in [1.82, 2.24) is 0 Å². The van der Waals surface area contributed by atoms with E-state index < -0.39 is 0 Å². The minimum Gasteiger partial charge on any atom is -0.311 e. The van der Waals surface area contributed by atoms with Crippen LogP contribution in [0.25, 0.3) is 0 Å². The van der Waals surface area contributed by atoms with Crippen molar-refractivity contribution in [2.45, 2.75) is 200 Å². The summed E-state index contributed by atoms with van der Waals surface area (Å²) in [6.07, 6.45) is 10.9. The van der Waals surface area contributed by atoms with Crippen LogP contribution in [0.5, 0.6) is 0 Å². The van der Waals surface area contributed by atoms with Gasteiger partial charge < -0.3 is 9.80 Å². The topological polar surface area (TPSA) is 6.48 Å². The van der Waals surface area contributed by atoms with E-state index in [2.05, 4.69) is 186 Å². The van der Waals surface area contributed by atoms with Crippen molar-refractivity contribution in [3.63, 3.8) is 0 Å². The lowest BCUT2D eigenvalue weighted by Crippen LogP contribution is -2.62. The van der Waals surface area contributed by atoms with Gasteiger partial charge in [-0.25, -0.2) is 0 Å². The molecule has 2 heterocycles. The van der Waals surface area contributed by atoms with Crippen molar-refractivity contribution in [2.24, 2.45) is 0 Å². The van der Waals surface area contributed by atoms with E-state index in [1.54, 1.807) is 16.7 Å². The molecular formula is C61H75BN2. The van der Waals surface area contributed by atoms with Crippen LogP contribution in [-0.2, 0) is 44.3 Å². The Labute approximate surface area is 387 Å². The Morgan fingerprint density at radius 3 is 1.22 bits per heavy atom. The Hall–Kier alpha value is -4.24. The van der Waals surface area contributed by atoms with Crippen molar-refractivity contribution in [2.75, 3.05) is 9.80 Å². The van der Waals surface area contributed by atoms with Gasteiger partial charge >= 0.3 is 0 Å². The van der Waals surface area contributed by atoms with Crippen LogP contribution in [0.1, 0.15) is 198 Å². The molecule has 0 bridgehead atoms. The van der Waals surface area contributed by atoms with Gasteiger partial charge in [0.15, 0.2) is 0 Å². The molecule has 64 heavy (non-hydrogen) atoms. The van der Waals surface area contributed by atoms with Crippen LogP contribution in [0.3, 0.4) is 0 Å². The maximum absolute atomic E-state index is 2.73. The number of rotatable bonds is 2. The van der Waals surface area contributed by atoms with Crippen LogP contribution in [0, 0.1) is 6.92 Å². The molecule has 6 aliphatic rings. The second kappa shape index (κ2) is 13.2. The fourth-order valence-corrected chi connectivity index (χ4v) is 14.0. The van der Waals surface area contributed by atoms with E-state index in [1.807, 2.05) is 0 Å². The van der Waals surface area contributed by atoms with Gasteiger partial charge in [-0.3, -0.25) is 0 Å². The van der Waals surface area contributed by atoms with Crippen LogP contribution in [0.15, 0.2) is 72.8 Å². The highest BCUT2D eigenvalue weighted by Gasteiger charge is 2.48. The molecule has 0 spiro atoms. The molecule has 4 aliphatic carbocycles. The molecule has 0 unspecified atom stereocenters. The van der Waals surface area contributed by atoms with Gasteiger partial charge in [-0.05, 0) is 218 Å². The van der Waals surface area contributed by atoms with E-state index in [1.165, 1.54) is 135 Å². The lowest BCUT2D eigenvalue weighted by atomic mass is 9.32. The maximum Gasteiger partial charge on any atom is 0.252 e. The molecule has 2 nitrogen and oxygen atoms in total. The Kier molecular flexibility index (Phi) is 8.76. The minimum atomic E-state index is 0.0895. The summed E-state index contributed by atoms with van der Waals surface area (Å²) in [6, 6.07) is 31.1. The first-order valence-electron chi connectivity index (χ1n) is 25.2. The maximum atomic E-state index is 2.73. The van der Waals surface area contributed by atoms with Crippen molar-refractivity contribution >= 4 is 57.2 Å². The highest BCUT2D eigenvalue weighted by molar-refractivity contribution is 7.00. The number of benzene rings is 5. The second-order valence-corrected chi connectivity index (χ2v) is 26.3. The molecule has 0 saturated carbocycles. The van der Waals surface area contributed by atoms with Crippen LogP contribution in [0.2, 0.25) is 0 Å². The molecule has 5 aromatic rings. The molecule has 0 fully saturated rings. The second-order valence-electron chi connectivity index (χ2n) is 26.3. The van der Waals surface area contributed by atoms with E-state index >= 15 is 0 Å². The summed E-state index contributed by atoms with van der Waals surface area (Å²) in [7, 11) is 0. The normalized spacial score (nSPS) is 22.8. The molecule has 0 aromatic heterocycles. The molecule has 3 heteroatoms. The van der Waals surface area contributed by atoms with Gasteiger partial charge in [-0.2, -0.15) is 0 Å². The van der Waals surface area contributed by atoms with E-state index in [9.17, 15) is 0 Å². The lowest BCUT2D eigenvalue weighted by molar-refractivity contribution is 0.332. The average molecular weight is 847 g/mol. The quantitative estimate of drug-likeness (QED) is 0.160. The summed E-state index contributed by atoms with van der Waals surface area (Å²) in [4.78, 5) is 5.46. The van der Waals surface area contributed by atoms with Gasteiger partial charge in [-0.1, -0.05) is 121 Å². The highest BCUT2D eigenvalue weighted by Crippen LogP contribution is 2.54. The first kappa shape index (κ1) is 42.4. The number of fused-ring (bicyclic) bond motifs is 8. The minimum absolute atomic E-state index is 0.0895. The Bertz CT molecular complexity index is 2810. The van der Waals surface area contributed by atoms with Crippen LogP contribution in [-0.4, -0.2) is 6.71 Å². The SMILES string of the molecule is Cc1cc2c3c(c1)N(c1ccc4c(c1)C(C)(C)CCC4(C)C)c1cc4c(cc1B3c1cc3c(cc1N2c1ccc2c(c1)C(C)(C)CCC2(C)C)C(C)(C)CCC3)C(C)(C)CCC4(C)C. The lowest BCUT2D eigenvalue weighted by Gasteiger charge is -2.48. The van der Waals surface area contributed by atoms with Gasteiger partial charge in [0.25, 0.3) is 6.71 Å². The number of hydrogen-bond donors (Lipinski definition) is 0. The van der Waals surface area contributed by atoms with Crippen LogP contribution < -0.4 is 26.2 Å². The molecule has 332 valence electrons. The number of aryl methyl sites for hydroxylation is 2. The monoisotopic (exact) mass is 847 g/mol. The smallest absolute Gasteiger partial charge is 0.252 e. The summed E-state index contributed by atoms with van der Waals surface area (Å²) >= 11 is 0. The van der Waals surface area contributed by atoms with Crippen molar-refractivity contribution in [3.8, 4) is 0 Å². The summed E-state index contributed by atoms with van der Waals surface area (Å²) in [5.41, 5.74) is 26.9. The third-order valence-electron chi connectivity index (χ3n) is 18.6. The molecule has 5 aromatic carbocycles. The summed E-state index contributed by atoms with van der Waals surface area (Å²) in [5, 5.41) is 0. The molecule has 0 atom stereocenters. The summed E-state index contributed by atoms with van der Waals surface area (Å²) < 4.78 is 0. The van der Waals surface area contributed by atoms with Gasteiger partial charge in [0, 0.05) is 34.1 Å². The standard InChI is InChI=1S/C61H75BN2/c1-37-29-52-54-53(30-37)64(40-19-21-42-45(33-40)59(10,11)26-24-57(42,6)7)51-36-47-46(60(12,13)27-28-61(47,14)15)34-49(51)62(54)48-31-38-17-16-22-55(2,3)43(38)35-50(48)63(52)39-18-20-41-44(32-39)58(8,9)25-23-56(41,4)5/h18-21,29-36H,16-17,22-28H2,1-15H3. The van der Waals surface area contributed by atoms with E-state index in [0.717, 1.165) is 6.42 Å². The Balaban J connectivity index is 1.25. The molecular weight excluding hydrogens is 771 g/mol. The van der Waals surface area contributed by atoms with Gasteiger partial charge in [0.1, 0.15) is 0 Å². The highest BCUT2D eigenvalue weighted by atomic mass is 15.2. The molecule has 0 N–H and O–H groups in total.